The summed E-state index contributed by atoms with van der Waals surface area (Å²) in [6.45, 7) is 4.72. The number of nitrogens with two attached hydrogens (primary N) is 1. The zero-order valence-corrected chi connectivity index (χ0v) is 13.3. The fourth-order valence-corrected chi connectivity index (χ4v) is 3.61. The zero-order valence-electron chi connectivity index (χ0n) is 11.2. The van der Waals surface area contributed by atoms with E-state index in [9.17, 15) is 9.59 Å². The Bertz CT molecular complexity index is 794. The number of nitrogen functional groups attached to an aromatic ring is 1. The van der Waals surface area contributed by atoms with Crippen LogP contribution in [0.2, 0.25) is 0 Å². The SMILES string of the molecule is C=CC(=O)N1CCC(n2cc(I)c3c(N)n[nH]c(=O)c32)C1. The van der Waals surface area contributed by atoms with E-state index in [2.05, 4.69) is 39.4 Å². The number of amides is 1. The number of nitrogens with zero attached hydrogens (tertiary/aromatic N) is 3. The van der Waals surface area contributed by atoms with Crippen molar-refractivity contribution in [1.29, 1.82) is 0 Å². The zero-order chi connectivity index (χ0) is 15.1. The fraction of sp³-hybridized carbons (Fsp3) is 0.308. The first-order valence-electron chi connectivity index (χ1n) is 6.48. The van der Waals surface area contributed by atoms with E-state index in [0.717, 1.165) is 9.99 Å². The summed E-state index contributed by atoms with van der Waals surface area (Å²) in [7, 11) is 0. The number of carbonyl (C=O) groups excluding carboxylic acids is 1. The number of anilines is 1. The minimum absolute atomic E-state index is 0.0582. The van der Waals surface area contributed by atoms with Crippen LogP contribution in [0.15, 0.2) is 23.6 Å². The van der Waals surface area contributed by atoms with Crippen molar-refractivity contribution >= 4 is 45.2 Å². The first kappa shape index (κ1) is 14.1. The van der Waals surface area contributed by atoms with Gasteiger partial charge in [0.25, 0.3) is 5.56 Å². The van der Waals surface area contributed by atoms with E-state index in [1.54, 1.807) is 4.90 Å². The van der Waals surface area contributed by atoms with Crippen molar-refractivity contribution in [2.24, 2.45) is 0 Å². The molecule has 1 aliphatic rings. The van der Waals surface area contributed by atoms with Gasteiger partial charge in [-0.3, -0.25) is 9.59 Å². The van der Waals surface area contributed by atoms with Gasteiger partial charge in [-0.05, 0) is 35.1 Å². The summed E-state index contributed by atoms with van der Waals surface area (Å²) in [4.78, 5) is 25.5. The summed E-state index contributed by atoms with van der Waals surface area (Å²) in [5.41, 5.74) is 6.11. The minimum Gasteiger partial charge on any atom is -0.382 e. The van der Waals surface area contributed by atoms with Gasteiger partial charge in [-0.15, -0.1) is 0 Å². The molecule has 3 rings (SSSR count). The molecule has 0 aliphatic carbocycles. The molecule has 21 heavy (non-hydrogen) atoms. The topological polar surface area (TPSA) is 97.0 Å². The summed E-state index contributed by atoms with van der Waals surface area (Å²) < 4.78 is 2.79. The summed E-state index contributed by atoms with van der Waals surface area (Å²) in [6.07, 6.45) is 4.00. The van der Waals surface area contributed by atoms with Crippen LogP contribution in [0, 0.1) is 3.57 Å². The Morgan fingerprint density at radius 3 is 3.10 bits per heavy atom. The number of halogens is 1. The number of nitrogens with one attached hydrogen (secondary N) is 1. The molecular formula is C13H14IN5O2. The number of fused-ring (bicyclic) bond motifs is 1. The second kappa shape index (κ2) is 5.17. The molecule has 110 valence electrons. The highest BCUT2D eigenvalue weighted by molar-refractivity contribution is 14.1. The lowest BCUT2D eigenvalue weighted by atomic mass is 10.2. The Kier molecular flexibility index (Phi) is 3.47. The van der Waals surface area contributed by atoms with Gasteiger partial charge >= 0.3 is 0 Å². The number of hydrogen-bond acceptors (Lipinski definition) is 4. The molecule has 1 aliphatic heterocycles. The monoisotopic (exact) mass is 399 g/mol. The van der Waals surface area contributed by atoms with Crippen LogP contribution >= 0.6 is 22.6 Å². The normalized spacial score (nSPS) is 18.3. The van der Waals surface area contributed by atoms with Gasteiger partial charge in [0.05, 0.1) is 11.4 Å². The van der Waals surface area contributed by atoms with Gasteiger partial charge in [0.2, 0.25) is 5.91 Å². The second-order valence-corrected chi connectivity index (χ2v) is 6.14. The number of likely N-dealkylation sites (tertiary alicyclic amines) is 1. The van der Waals surface area contributed by atoms with Crippen LogP contribution in [0.5, 0.6) is 0 Å². The van der Waals surface area contributed by atoms with E-state index in [1.165, 1.54) is 6.08 Å². The third-order valence-corrected chi connectivity index (χ3v) is 4.60. The molecule has 0 bridgehead atoms. The Morgan fingerprint density at radius 1 is 1.62 bits per heavy atom. The van der Waals surface area contributed by atoms with Gasteiger partial charge in [-0.1, -0.05) is 6.58 Å². The molecule has 1 saturated heterocycles. The summed E-state index contributed by atoms with van der Waals surface area (Å²) in [5, 5.41) is 6.90. The molecule has 1 fully saturated rings. The van der Waals surface area contributed by atoms with Gasteiger partial charge in [0.1, 0.15) is 5.52 Å². The molecule has 2 aromatic rings. The van der Waals surface area contributed by atoms with Gasteiger partial charge in [0.15, 0.2) is 5.82 Å². The van der Waals surface area contributed by atoms with Crippen LogP contribution in [0.3, 0.4) is 0 Å². The summed E-state index contributed by atoms with van der Waals surface area (Å²) in [6, 6.07) is 0.0582. The quantitative estimate of drug-likeness (QED) is 0.579. The van der Waals surface area contributed by atoms with E-state index in [0.29, 0.717) is 29.8 Å². The van der Waals surface area contributed by atoms with Gasteiger partial charge in [-0.25, -0.2) is 5.10 Å². The molecule has 8 heteroatoms. The third-order valence-electron chi connectivity index (χ3n) is 3.78. The molecule has 0 radical (unpaired) electrons. The van der Waals surface area contributed by atoms with E-state index in [-0.39, 0.29) is 17.5 Å². The standard InChI is InChI=1S/C13H14IN5O2/c1-2-9(20)18-4-3-7(5-18)19-6-8(14)10-11(19)13(21)17-16-12(10)15/h2,6-7H,1,3-5H2,(H2,15,16)(H,17,21). The maximum atomic E-state index is 12.1. The number of H-pyrrole nitrogens is 1. The average Bonchev–Trinajstić information content (AvgIpc) is 3.07. The van der Waals surface area contributed by atoms with Crippen LogP contribution in [0.25, 0.3) is 10.9 Å². The van der Waals surface area contributed by atoms with E-state index in [4.69, 9.17) is 5.73 Å². The predicted molar refractivity (Wildman–Crippen MR) is 87.9 cm³/mol. The molecule has 0 saturated carbocycles. The summed E-state index contributed by atoms with van der Waals surface area (Å²) >= 11 is 2.14. The largest absolute Gasteiger partial charge is 0.382 e. The maximum absolute atomic E-state index is 12.1. The van der Waals surface area contributed by atoms with Crippen LogP contribution in [0.4, 0.5) is 5.82 Å². The van der Waals surface area contributed by atoms with Gasteiger partial charge in [-0.2, -0.15) is 5.10 Å². The van der Waals surface area contributed by atoms with Crippen LogP contribution < -0.4 is 11.3 Å². The first-order valence-corrected chi connectivity index (χ1v) is 7.56. The Hall–Kier alpha value is -1.84. The number of hydrogen-bond donors (Lipinski definition) is 2. The van der Waals surface area contributed by atoms with Crippen molar-refractivity contribution < 1.29 is 4.79 Å². The molecule has 3 heterocycles. The Labute approximate surface area is 133 Å². The lowest BCUT2D eigenvalue weighted by Gasteiger charge is -2.16. The molecule has 2 aromatic heterocycles. The number of rotatable bonds is 2. The van der Waals surface area contributed by atoms with E-state index < -0.39 is 0 Å². The number of aromatic amines is 1. The van der Waals surface area contributed by atoms with Crippen LogP contribution in [0.1, 0.15) is 12.5 Å². The lowest BCUT2D eigenvalue weighted by molar-refractivity contribution is -0.125. The van der Waals surface area contributed by atoms with E-state index >= 15 is 0 Å². The Balaban J connectivity index is 2.07. The van der Waals surface area contributed by atoms with Crippen molar-refractivity contribution in [1.82, 2.24) is 19.7 Å². The molecule has 1 unspecified atom stereocenters. The highest BCUT2D eigenvalue weighted by atomic mass is 127. The van der Waals surface area contributed by atoms with Gasteiger partial charge < -0.3 is 15.2 Å². The molecule has 1 amide bonds. The number of carbonyl (C=O) groups is 1. The second-order valence-electron chi connectivity index (χ2n) is 4.98. The highest BCUT2D eigenvalue weighted by Crippen LogP contribution is 2.30. The predicted octanol–water partition coefficient (Wildman–Crippen LogP) is 0.871. The van der Waals surface area contributed by atoms with Crippen LogP contribution in [-0.4, -0.2) is 38.7 Å². The third kappa shape index (κ3) is 2.23. The van der Waals surface area contributed by atoms with Gasteiger partial charge in [0, 0.05) is 22.9 Å². The van der Waals surface area contributed by atoms with Crippen molar-refractivity contribution in [3.63, 3.8) is 0 Å². The van der Waals surface area contributed by atoms with Crippen molar-refractivity contribution in [3.8, 4) is 0 Å². The van der Waals surface area contributed by atoms with E-state index in [1.807, 2.05) is 10.8 Å². The minimum atomic E-state index is -0.268. The highest BCUT2D eigenvalue weighted by Gasteiger charge is 2.28. The summed E-state index contributed by atoms with van der Waals surface area (Å²) in [5.74, 6) is 0.225. The molecule has 7 nitrogen and oxygen atoms in total. The smallest absolute Gasteiger partial charge is 0.288 e. The van der Waals surface area contributed by atoms with Crippen molar-refractivity contribution in [2.75, 3.05) is 18.8 Å². The molecule has 0 aromatic carbocycles. The van der Waals surface area contributed by atoms with Crippen molar-refractivity contribution in [2.45, 2.75) is 12.5 Å². The molecule has 3 N–H and O–H groups in total. The average molecular weight is 399 g/mol. The maximum Gasteiger partial charge on any atom is 0.288 e. The molecular weight excluding hydrogens is 385 g/mol. The Morgan fingerprint density at radius 2 is 2.38 bits per heavy atom. The van der Waals surface area contributed by atoms with Crippen LogP contribution in [-0.2, 0) is 4.79 Å². The number of aromatic nitrogens is 3. The fourth-order valence-electron chi connectivity index (χ4n) is 2.77. The molecule has 0 spiro atoms. The lowest BCUT2D eigenvalue weighted by Crippen LogP contribution is -2.27. The molecule has 1 atom stereocenters. The van der Waals surface area contributed by atoms with Crippen molar-refractivity contribution in [3.05, 3.63) is 32.8 Å². The first-order chi connectivity index (χ1) is 10.0.